The Morgan fingerprint density at radius 3 is 2.38 bits per heavy atom. The first-order valence-electron chi connectivity index (χ1n) is 26.0. The molecule has 4 aliphatic rings. The number of aromatic amines is 1. The summed E-state index contributed by atoms with van der Waals surface area (Å²) in [5.74, 6) is -5.00. The highest BCUT2D eigenvalue weighted by atomic mass is 32.2. The van der Waals surface area contributed by atoms with Crippen LogP contribution in [0, 0.1) is 22.7 Å². The number of imidazole rings is 1. The van der Waals surface area contributed by atoms with Gasteiger partial charge in [-0.05, 0) is 90.0 Å². The fourth-order valence-corrected chi connectivity index (χ4v) is 14.0. The minimum absolute atomic E-state index is 0.0762. The summed E-state index contributed by atoms with van der Waals surface area (Å²) in [7, 11) is -4.17. The number of hydrogen-bond donors (Lipinski definition) is 6. The van der Waals surface area contributed by atoms with E-state index in [-0.39, 0.29) is 55.2 Å². The van der Waals surface area contributed by atoms with Crippen molar-refractivity contribution < 1.29 is 51.8 Å². The number of pyridine rings is 2. The van der Waals surface area contributed by atoms with Gasteiger partial charge in [0, 0.05) is 52.3 Å². The summed E-state index contributed by atoms with van der Waals surface area (Å²) in [5.41, 5.74) is 1.60. The van der Waals surface area contributed by atoms with Crippen molar-refractivity contribution in [1.82, 2.24) is 34.9 Å². The number of nitrogens with zero attached hydrogens (tertiary/aromatic N) is 3. The lowest BCUT2D eigenvalue weighted by Gasteiger charge is -2.37. The van der Waals surface area contributed by atoms with Crippen LogP contribution in [0.1, 0.15) is 88.2 Å². The van der Waals surface area contributed by atoms with Crippen LogP contribution in [0.5, 0.6) is 0 Å². The number of aliphatic carboxylic acids is 1. The van der Waals surface area contributed by atoms with Crippen LogP contribution < -0.4 is 26.2 Å². The molecule has 0 spiro atoms. The van der Waals surface area contributed by atoms with Gasteiger partial charge in [-0.25, -0.2) is 37.5 Å². The van der Waals surface area contributed by atoms with Crippen molar-refractivity contribution in [1.29, 1.82) is 0 Å². The molecule has 2 aliphatic heterocycles. The lowest BCUT2D eigenvalue weighted by molar-refractivity contribution is -0.191. The number of carbonyl (C=O) groups is 6. The van der Waals surface area contributed by atoms with Crippen LogP contribution in [0.25, 0.3) is 33.4 Å². The lowest BCUT2D eigenvalue weighted by atomic mass is 9.70. The van der Waals surface area contributed by atoms with E-state index in [4.69, 9.17) is 14.5 Å². The Hall–Kier alpha value is -8.04. The smallest absolute Gasteiger partial charge is 0.355 e. The van der Waals surface area contributed by atoms with Crippen LogP contribution in [-0.2, 0) is 75.1 Å². The second-order valence-electron chi connectivity index (χ2n) is 21.8. The van der Waals surface area contributed by atoms with Crippen LogP contribution >= 0.6 is 0 Å². The summed E-state index contributed by atoms with van der Waals surface area (Å²) < 4.78 is 42.6. The van der Waals surface area contributed by atoms with Crippen LogP contribution in [-0.4, -0.2) is 92.6 Å². The van der Waals surface area contributed by atoms with Crippen molar-refractivity contribution in [2.75, 3.05) is 11.1 Å². The van der Waals surface area contributed by atoms with Gasteiger partial charge in [0.2, 0.25) is 21.5 Å². The Morgan fingerprint density at radius 2 is 1.71 bits per heavy atom. The number of carboxylic acid groups (broad SMARTS) is 1. The first-order chi connectivity index (χ1) is 37.1. The zero-order valence-corrected chi connectivity index (χ0v) is 44.5. The lowest BCUT2D eigenvalue weighted by Crippen LogP contribution is -2.56. The normalized spacial score (nSPS) is 21.0. The molecule has 2 fully saturated rings. The predicted octanol–water partition coefficient (Wildman–Crippen LogP) is 5.90. The van der Waals surface area contributed by atoms with E-state index in [1.54, 1.807) is 79.9 Å². The first kappa shape index (κ1) is 53.4. The number of benzene rings is 3. The molecule has 3 aromatic heterocycles. The number of cyclic esters (lactones) is 1. The number of para-hydroxylation sites is 1. The van der Waals surface area contributed by atoms with Gasteiger partial charge < -0.3 is 40.1 Å². The van der Waals surface area contributed by atoms with E-state index in [1.165, 1.54) is 12.5 Å². The van der Waals surface area contributed by atoms with Crippen LogP contribution in [0.3, 0.4) is 0 Å². The summed E-state index contributed by atoms with van der Waals surface area (Å²) in [6.45, 7) is 8.75. The van der Waals surface area contributed by atoms with E-state index >= 15 is 0 Å². The summed E-state index contributed by atoms with van der Waals surface area (Å²) >= 11 is 0. The number of urea groups is 1. The number of sulfonamides is 1. The van der Waals surface area contributed by atoms with Crippen molar-refractivity contribution in [2.24, 2.45) is 22.7 Å². The first-order valence-corrected chi connectivity index (χ1v) is 27.6. The molecule has 2 unspecified atom stereocenters. The van der Waals surface area contributed by atoms with Gasteiger partial charge in [0.25, 0.3) is 5.56 Å². The maximum atomic E-state index is 14.5. The molecular formula is C57H60N8O12S. The van der Waals surface area contributed by atoms with Crippen molar-refractivity contribution in [3.05, 3.63) is 136 Å². The fourth-order valence-electron chi connectivity index (χ4n) is 11.9. The molecule has 10 rings (SSSR count). The average molecular weight is 1080 g/mol. The van der Waals surface area contributed by atoms with Gasteiger partial charge in [-0.15, -0.1) is 0 Å². The second-order valence-corrected chi connectivity index (χ2v) is 23.5. The topological polar surface area (TPSA) is 287 Å². The van der Waals surface area contributed by atoms with Gasteiger partial charge in [0.1, 0.15) is 30.5 Å². The molecule has 6 atom stereocenters. The number of hydrogen-bond acceptors (Lipinski definition) is 13. The maximum absolute atomic E-state index is 14.5. The number of esters is 2. The van der Waals surface area contributed by atoms with E-state index in [1.807, 2.05) is 44.2 Å². The third kappa shape index (κ3) is 9.73. The van der Waals surface area contributed by atoms with Crippen LogP contribution in [0.4, 0.5) is 10.5 Å². The molecule has 20 nitrogen and oxygen atoms in total. The summed E-state index contributed by atoms with van der Waals surface area (Å²) in [6.07, 6.45) is 4.10. The zero-order valence-electron chi connectivity index (χ0n) is 43.7. The number of Topliss-reactive ketones (excluding diaryl/α,β-unsaturated/α-hetero) is 1. The quantitative estimate of drug-likeness (QED) is 0.0546. The van der Waals surface area contributed by atoms with E-state index in [9.17, 15) is 47.1 Å². The van der Waals surface area contributed by atoms with E-state index < -0.39 is 91.7 Å². The van der Waals surface area contributed by atoms with E-state index in [2.05, 4.69) is 30.6 Å². The van der Waals surface area contributed by atoms with Crippen molar-refractivity contribution in [2.45, 2.75) is 110 Å². The predicted molar refractivity (Wildman–Crippen MR) is 286 cm³/mol. The number of H-pyrrole nitrogens is 1. The van der Waals surface area contributed by atoms with E-state index in [0.717, 1.165) is 22.9 Å². The number of ketones is 1. The van der Waals surface area contributed by atoms with Gasteiger partial charge in [0.05, 0.1) is 41.1 Å². The van der Waals surface area contributed by atoms with Gasteiger partial charge in [-0.3, -0.25) is 19.2 Å². The van der Waals surface area contributed by atoms with Gasteiger partial charge in [-0.1, -0.05) is 89.2 Å². The Bertz CT molecular complexity index is 3600. The minimum atomic E-state index is -4.17. The summed E-state index contributed by atoms with van der Waals surface area (Å²) in [4.78, 5) is 108. The SMILES string of the molecule is CC[C@@]1(OC(=O)[C@@H](NC(=O)[C@H](Cc2cnc[nH]2)NC(=O)Nc2cccc(-c3ccc(C[C@H](NS(=O)(=O)CC45CCC(CC4=O)C5(C)C)C(=O)O)cc3)c2)C(C)C)C(=O)OCc2c1cc1n(c2=O)Cc2cc3ccccc3nc2-1. The monoisotopic (exact) mass is 1080 g/mol. The molecule has 3 aromatic carbocycles. The number of rotatable bonds is 18. The molecular weight excluding hydrogens is 1020 g/mol. The molecule has 0 saturated heterocycles. The summed E-state index contributed by atoms with van der Waals surface area (Å²) in [6, 6.07) is 20.0. The number of ether oxygens (including phenoxy) is 2. The highest BCUT2D eigenvalue weighted by molar-refractivity contribution is 7.89. The minimum Gasteiger partial charge on any atom is -0.480 e. The highest BCUT2D eigenvalue weighted by Crippen LogP contribution is 2.64. The molecule has 2 saturated carbocycles. The largest absolute Gasteiger partial charge is 0.480 e. The Kier molecular flexibility index (Phi) is 14.0. The number of aromatic nitrogens is 4. The van der Waals surface area contributed by atoms with Crippen molar-refractivity contribution in [3.63, 3.8) is 0 Å². The molecule has 2 bridgehead atoms. The molecule has 3 amide bonds. The average Bonchev–Trinajstić information content (AvgIpc) is 4.35. The number of anilines is 1. The van der Waals surface area contributed by atoms with Gasteiger partial charge in [-0.2, -0.15) is 0 Å². The molecule has 6 N–H and O–H groups in total. The standard InChI is InChI=1S/C57H60N8O12S/c1-6-57(41-25-45-48-36(21-35-10-7-8-13-42(35)61-48)27-65(45)50(68)40(41)28-76-53(57)72)77-52(71)47(31(2)3)63-49(67)43(24-39-26-58-30-59-39)62-54(73)60-38-12-9-11-34(22-38)33-16-14-32(15-17-33)20-44(51(69)70)64-78(74,75)29-56-19-18-37(23-46(56)66)55(56,4)5/h7-17,21-22,25-26,30-31,37,43-44,47,64H,6,18-20,23-24,27-29H2,1-5H3,(H,58,59)(H,63,67)(H,69,70)(H2,60,62,73)/t37?,43-,44-,47-,56?,57-/m0/s1. The Balaban J connectivity index is 0.815. The van der Waals surface area contributed by atoms with Crippen molar-refractivity contribution >= 4 is 62.2 Å². The van der Waals surface area contributed by atoms with Crippen molar-refractivity contribution in [3.8, 4) is 22.5 Å². The zero-order chi connectivity index (χ0) is 55.5. The Morgan fingerprint density at radius 1 is 0.936 bits per heavy atom. The highest BCUT2D eigenvalue weighted by Gasteiger charge is 2.65. The molecule has 2 aliphatic carbocycles. The Labute approximate surface area is 449 Å². The second kappa shape index (κ2) is 20.4. The third-order valence-corrected chi connectivity index (χ3v) is 18.0. The number of carbonyl (C=O) groups excluding carboxylic acids is 5. The van der Waals surface area contributed by atoms with Gasteiger partial charge >= 0.3 is 23.9 Å². The summed E-state index contributed by atoms with van der Waals surface area (Å²) in [5, 5.41) is 19.2. The van der Waals surface area contributed by atoms with Crippen LogP contribution in [0.15, 0.2) is 102 Å². The molecule has 5 heterocycles. The number of carboxylic acids is 1. The van der Waals surface area contributed by atoms with E-state index in [0.29, 0.717) is 52.3 Å². The molecule has 406 valence electrons. The fraction of sp³-hybridized carbons (Fsp3) is 0.386. The molecule has 6 aromatic rings. The van der Waals surface area contributed by atoms with Gasteiger partial charge in [0.15, 0.2) is 0 Å². The molecule has 21 heteroatoms. The number of fused-ring (bicyclic) bond motifs is 7. The number of nitrogens with one attached hydrogen (secondary N) is 5. The molecule has 0 radical (unpaired) electrons. The number of amides is 3. The van der Waals surface area contributed by atoms with Crippen LogP contribution in [0.2, 0.25) is 0 Å². The third-order valence-electron chi connectivity index (χ3n) is 16.5. The maximum Gasteiger partial charge on any atom is 0.355 e. The molecule has 78 heavy (non-hydrogen) atoms.